The highest BCUT2D eigenvalue weighted by molar-refractivity contribution is 6.10. The molecular formula is C12H10O7. The Labute approximate surface area is 107 Å². The van der Waals surface area contributed by atoms with Gasteiger partial charge in [-0.3, -0.25) is 0 Å². The van der Waals surface area contributed by atoms with Gasteiger partial charge in [-0.1, -0.05) is 0 Å². The topological polar surface area (TPSA) is 106 Å². The fourth-order valence-corrected chi connectivity index (χ4v) is 1.79. The van der Waals surface area contributed by atoms with Gasteiger partial charge >= 0.3 is 11.9 Å². The SMILES string of the molecule is COc1cc2oc(C(=O)O)c(C(=O)O)c2cc1OC. The van der Waals surface area contributed by atoms with Crippen molar-refractivity contribution in [3.63, 3.8) is 0 Å². The molecule has 1 aromatic carbocycles. The Balaban J connectivity index is 2.84. The van der Waals surface area contributed by atoms with Gasteiger partial charge in [0, 0.05) is 11.5 Å². The smallest absolute Gasteiger partial charge is 0.372 e. The van der Waals surface area contributed by atoms with Gasteiger partial charge in [0.1, 0.15) is 11.1 Å². The van der Waals surface area contributed by atoms with E-state index in [1.165, 1.54) is 26.4 Å². The Kier molecular flexibility index (Phi) is 3.04. The monoisotopic (exact) mass is 266 g/mol. The first-order valence-corrected chi connectivity index (χ1v) is 5.14. The van der Waals surface area contributed by atoms with Crippen molar-refractivity contribution in [3.8, 4) is 11.5 Å². The van der Waals surface area contributed by atoms with Crippen molar-refractivity contribution < 1.29 is 33.7 Å². The fourth-order valence-electron chi connectivity index (χ4n) is 1.79. The number of furan rings is 1. The minimum Gasteiger partial charge on any atom is -0.493 e. The first kappa shape index (κ1) is 12.7. The minimum absolute atomic E-state index is 0.104. The highest BCUT2D eigenvalue weighted by Crippen LogP contribution is 2.36. The second-order valence-corrected chi connectivity index (χ2v) is 3.62. The maximum absolute atomic E-state index is 11.2. The van der Waals surface area contributed by atoms with Crippen LogP contribution in [0.25, 0.3) is 11.0 Å². The van der Waals surface area contributed by atoms with Crippen molar-refractivity contribution in [3.05, 3.63) is 23.5 Å². The molecule has 0 saturated heterocycles. The van der Waals surface area contributed by atoms with E-state index in [9.17, 15) is 9.59 Å². The van der Waals surface area contributed by atoms with Crippen LogP contribution in [0, 0.1) is 0 Å². The van der Waals surface area contributed by atoms with E-state index in [0.29, 0.717) is 5.75 Å². The molecule has 0 radical (unpaired) electrons. The van der Waals surface area contributed by atoms with Gasteiger partial charge < -0.3 is 24.1 Å². The lowest BCUT2D eigenvalue weighted by Gasteiger charge is -2.06. The van der Waals surface area contributed by atoms with Crippen molar-refractivity contribution in [1.29, 1.82) is 0 Å². The number of rotatable bonds is 4. The van der Waals surface area contributed by atoms with Crippen LogP contribution in [0.2, 0.25) is 0 Å². The van der Waals surface area contributed by atoms with E-state index in [1.54, 1.807) is 0 Å². The van der Waals surface area contributed by atoms with Gasteiger partial charge in [-0.25, -0.2) is 9.59 Å². The second kappa shape index (κ2) is 4.52. The van der Waals surface area contributed by atoms with Crippen molar-refractivity contribution in [2.24, 2.45) is 0 Å². The summed E-state index contributed by atoms with van der Waals surface area (Å²) in [5.41, 5.74) is -0.309. The quantitative estimate of drug-likeness (QED) is 0.869. The van der Waals surface area contributed by atoms with E-state index >= 15 is 0 Å². The molecule has 0 saturated carbocycles. The molecule has 100 valence electrons. The van der Waals surface area contributed by atoms with Crippen LogP contribution in [0.4, 0.5) is 0 Å². The maximum Gasteiger partial charge on any atom is 0.372 e. The standard InChI is InChI=1S/C12H10O7/c1-17-7-3-5-6(4-8(7)18-2)19-10(12(15)16)9(5)11(13)14/h3-4H,1-2H3,(H,13,14)(H,15,16). The second-order valence-electron chi connectivity index (χ2n) is 3.62. The zero-order valence-electron chi connectivity index (χ0n) is 10.1. The Hall–Kier alpha value is -2.70. The van der Waals surface area contributed by atoms with Gasteiger partial charge in [0.15, 0.2) is 11.5 Å². The van der Waals surface area contributed by atoms with Crippen LogP contribution in [0.5, 0.6) is 11.5 Å². The molecule has 0 bridgehead atoms. The lowest BCUT2D eigenvalue weighted by atomic mass is 10.1. The Morgan fingerprint density at radius 2 is 1.63 bits per heavy atom. The van der Waals surface area contributed by atoms with Gasteiger partial charge in [-0.2, -0.15) is 0 Å². The highest BCUT2D eigenvalue weighted by Gasteiger charge is 2.26. The molecule has 0 aliphatic rings. The Morgan fingerprint density at radius 1 is 1.05 bits per heavy atom. The number of ether oxygens (including phenoxy) is 2. The molecule has 0 fully saturated rings. The number of hydrogen-bond donors (Lipinski definition) is 2. The van der Waals surface area contributed by atoms with E-state index in [-0.39, 0.29) is 16.7 Å². The van der Waals surface area contributed by atoms with Crippen LogP contribution in [0.3, 0.4) is 0 Å². The largest absolute Gasteiger partial charge is 0.493 e. The lowest BCUT2D eigenvalue weighted by Crippen LogP contribution is -2.04. The van der Waals surface area contributed by atoms with Crippen LogP contribution >= 0.6 is 0 Å². The van der Waals surface area contributed by atoms with Gasteiger partial charge in [0.05, 0.1) is 14.2 Å². The number of carboxylic acids is 2. The van der Waals surface area contributed by atoms with Crippen molar-refractivity contribution in [1.82, 2.24) is 0 Å². The molecule has 2 N–H and O–H groups in total. The van der Waals surface area contributed by atoms with Crippen LogP contribution < -0.4 is 9.47 Å². The average Bonchev–Trinajstić information content (AvgIpc) is 2.75. The fraction of sp³-hybridized carbons (Fsp3) is 0.167. The predicted molar refractivity (Wildman–Crippen MR) is 63.2 cm³/mol. The van der Waals surface area contributed by atoms with Crippen molar-refractivity contribution in [2.75, 3.05) is 14.2 Å². The molecule has 0 aliphatic heterocycles. The summed E-state index contributed by atoms with van der Waals surface area (Å²) in [5, 5.41) is 18.2. The van der Waals surface area contributed by atoms with E-state index in [1.807, 2.05) is 0 Å². The average molecular weight is 266 g/mol. The normalized spacial score (nSPS) is 10.4. The number of benzene rings is 1. The molecule has 7 heteroatoms. The number of aromatic carboxylic acids is 2. The molecule has 0 amide bonds. The number of fused-ring (bicyclic) bond motifs is 1. The first-order valence-electron chi connectivity index (χ1n) is 5.14. The zero-order valence-corrected chi connectivity index (χ0v) is 10.1. The number of carbonyl (C=O) groups is 2. The van der Waals surface area contributed by atoms with Crippen LogP contribution in [0.1, 0.15) is 20.9 Å². The molecule has 0 unspecified atom stereocenters. The number of methoxy groups -OCH3 is 2. The summed E-state index contributed by atoms with van der Waals surface area (Å²) in [6, 6.07) is 2.75. The minimum atomic E-state index is -1.45. The zero-order chi connectivity index (χ0) is 14.2. The summed E-state index contributed by atoms with van der Waals surface area (Å²) in [4.78, 5) is 22.1. The summed E-state index contributed by atoms with van der Waals surface area (Å²) in [6.07, 6.45) is 0. The number of hydrogen-bond acceptors (Lipinski definition) is 5. The predicted octanol–water partition coefficient (Wildman–Crippen LogP) is 1.85. The Bertz CT molecular complexity index is 668. The van der Waals surface area contributed by atoms with Crippen LogP contribution in [-0.2, 0) is 0 Å². The van der Waals surface area contributed by atoms with Crippen molar-refractivity contribution >= 4 is 22.9 Å². The van der Waals surface area contributed by atoms with Gasteiger partial charge in [0.2, 0.25) is 5.76 Å². The van der Waals surface area contributed by atoms with Crippen molar-refractivity contribution in [2.45, 2.75) is 0 Å². The summed E-state index contributed by atoms with van der Waals surface area (Å²) in [7, 11) is 2.80. The molecule has 2 aromatic rings. The van der Waals surface area contributed by atoms with Crippen LogP contribution in [0.15, 0.2) is 16.5 Å². The van der Waals surface area contributed by atoms with E-state index < -0.39 is 23.3 Å². The van der Waals surface area contributed by atoms with Crippen LogP contribution in [-0.4, -0.2) is 36.4 Å². The van der Waals surface area contributed by atoms with E-state index in [0.717, 1.165) is 0 Å². The number of carboxylic acid groups (broad SMARTS) is 2. The molecule has 0 atom stereocenters. The summed E-state index contributed by atoms with van der Waals surface area (Å²) in [6.45, 7) is 0. The summed E-state index contributed by atoms with van der Waals surface area (Å²) < 4.78 is 15.1. The van der Waals surface area contributed by atoms with Gasteiger partial charge in [-0.15, -0.1) is 0 Å². The van der Waals surface area contributed by atoms with Gasteiger partial charge in [-0.05, 0) is 6.07 Å². The molecule has 1 heterocycles. The molecule has 19 heavy (non-hydrogen) atoms. The molecular weight excluding hydrogens is 256 g/mol. The van der Waals surface area contributed by atoms with E-state index in [2.05, 4.69) is 0 Å². The molecule has 7 nitrogen and oxygen atoms in total. The summed E-state index contributed by atoms with van der Waals surface area (Å²) >= 11 is 0. The third kappa shape index (κ3) is 1.95. The molecule has 0 aliphatic carbocycles. The summed E-state index contributed by atoms with van der Waals surface area (Å²) in [5.74, 6) is -2.86. The lowest BCUT2D eigenvalue weighted by molar-refractivity contribution is 0.0628. The molecule has 2 rings (SSSR count). The third-order valence-corrected chi connectivity index (χ3v) is 2.60. The molecule has 1 aromatic heterocycles. The van der Waals surface area contributed by atoms with E-state index in [4.69, 9.17) is 24.1 Å². The first-order chi connectivity index (χ1) is 8.99. The van der Waals surface area contributed by atoms with Gasteiger partial charge in [0.25, 0.3) is 0 Å². The maximum atomic E-state index is 11.2. The third-order valence-electron chi connectivity index (χ3n) is 2.60. The Morgan fingerprint density at radius 3 is 2.11 bits per heavy atom. The molecule has 0 spiro atoms. The highest BCUT2D eigenvalue weighted by atomic mass is 16.5.